The molecule has 0 saturated carbocycles. The van der Waals surface area contributed by atoms with Gasteiger partial charge in [0.1, 0.15) is 0 Å². The number of nitrogens with zero attached hydrogens (tertiary/aromatic N) is 1. The average Bonchev–Trinajstić information content (AvgIpc) is 2.58. The SMILES string of the molecule is CCCNS(=O)(=O)N1CC(C)C(C(=O)O)C1. The number of carboxylic acid groups (broad SMARTS) is 1. The molecule has 0 amide bonds. The van der Waals surface area contributed by atoms with Gasteiger partial charge in [-0.3, -0.25) is 4.79 Å². The van der Waals surface area contributed by atoms with E-state index in [1.807, 2.05) is 6.92 Å². The van der Waals surface area contributed by atoms with Crippen LogP contribution in [-0.2, 0) is 15.0 Å². The summed E-state index contributed by atoms with van der Waals surface area (Å²) in [6.07, 6.45) is 0.713. The minimum absolute atomic E-state index is 0.0650. The van der Waals surface area contributed by atoms with E-state index >= 15 is 0 Å². The number of carbonyl (C=O) groups is 1. The normalized spacial score (nSPS) is 27.1. The zero-order chi connectivity index (χ0) is 12.3. The van der Waals surface area contributed by atoms with E-state index < -0.39 is 22.1 Å². The van der Waals surface area contributed by atoms with Crippen LogP contribution in [0.5, 0.6) is 0 Å². The molecule has 16 heavy (non-hydrogen) atoms. The van der Waals surface area contributed by atoms with Crippen LogP contribution in [0.25, 0.3) is 0 Å². The average molecular weight is 250 g/mol. The van der Waals surface area contributed by atoms with Crippen LogP contribution in [0.4, 0.5) is 0 Å². The van der Waals surface area contributed by atoms with Gasteiger partial charge in [0.25, 0.3) is 10.2 Å². The Labute approximate surface area is 95.8 Å². The van der Waals surface area contributed by atoms with Gasteiger partial charge in [0.2, 0.25) is 0 Å². The van der Waals surface area contributed by atoms with Crippen LogP contribution in [0, 0.1) is 11.8 Å². The van der Waals surface area contributed by atoms with Gasteiger partial charge in [-0.15, -0.1) is 0 Å². The highest BCUT2D eigenvalue weighted by molar-refractivity contribution is 7.87. The Kier molecular flexibility index (Phi) is 4.28. The molecule has 0 radical (unpaired) electrons. The lowest BCUT2D eigenvalue weighted by Crippen LogP contribution is -2.40. The summed E-state index contributed by atoms with van der Waals surface area (Å²) in [5.41, 5.74) is 0. The second-order valence-electron chi connectivity index (χ2n) is 4.14. The Morgan fingerprint density at radius 2 is 2.12 bits per heavy atom. The van der Waals surface area contributed by atoms with E-state index in [1.54, 1.807) is 6.92 Å². The van der Waals surface area contributed by atoms with Crippen LogP contribution in [0.2, 0.25) is 0 Å². The van der Waals surface area contributed by atoms with Gasteiger partial charge in [0, 0.05) is 19.6 Å². The standard InChI is InChI=1S/C9H18N2O4S/c1-3-4-10-16(14,15)11-5-7(2)8(6-11)9(12)13/h7-8,10H,3-6H2,1-2H3,(H,12,13). The third kappa shape index (κ3) is 2.93. The Hall–Kier alpha value is -0.660. The predicted octanol–water partition coefficient (Wildman–Crippen LogP) is -0.117. The second kappa shape index (κ2) is 5.11. The number of hydrogen-bond donors (Lipinski definition) is 2. The first-order chi connectivity index (χ1) is 7.38. The van der Waals surface area contributed by atoms with Crippen molar-refractivity contribution in [3.05, 3.63) is 0 Å². The lowest BCUT2D eigenvalue weighted by Gasteiger charge is -2.16. The van der Waals surface area contributed by atoms with Gasteiger partial charge < -0.3 is 5.11 Å². The van der Waals surface area contributed by atoms with Crippen molar-refractivity contribution in [1.29, 1.82) is 0 Å². The van der Waals surface area contributed by atoms with Crippen molar-refractivity contribution in [2.45, 2.75) is 20.3 Å². The summed E-state index contributed by atoms with van der Waals surface area (Å²) in [6.45, 7) is 4.35. The molecule has 6 nitrogen and oxygen atoms in total. The molecular weight excluding hydrogens is 232 g/mol. The molecule has 2 atom stereocenters. The molecule has 0 spiro atoms. The summed E-state index contributed by atoms with van der Waals surface area (Å²) in [5, 5.41) is 8.90. The number of hydrogen-bond acceptors (Lipinski definition) is 3. The Balaban J connectivity index is 2.67. The Bertz CT molecular complexity index is 355. The third-order valence-electron chi connectivity index (χ3n) is 2.77. The van der Waals surface area contributed by atoms with Crippen molar-refractivity contribution in [2.75, 3.05) is 19.6 Å². The second-order valence-corrected chi connectivity index (χ2v) is 5.89. The topological polar surface area (TPSA) is 86.7 Å². The van der Waals surface area contributed by atoms with Crippen molar-refractivity contribution >= 4 is 16.2 Å². The van der Waals surface area contributed by atoms with Crippen LogP contribution in [0.3, 0.4) is 0 Å². The molecule has 1 aliphatic rings. The maximum Gasteiger partial charge on any atom is 0.308 e. The van der Waals surface area contributed by atoms with Gasteiger partial charge in [-0.2, -0.15) is 12.7 Å². The van der Waals surface area contributed by atoms with E-state index in [2.05, 4.69) is 4.72 Å². The highest BCUT2D eigenvalue weighted by atomic mass is 32.2. The largest absolute Gasteiger partial charge is 0.481 e. The van der Waals surface area contributed by atoms with Gasteiger partial charge in [0.15, 0.2) is 0 Å². The van der Waals surface area contributed by atoms with Gasteiger partial charge in [-0.1, -0.05) is 13.8 Å². The van der Waals surface area contributed by atoms with Crippen LogP contribution in [0.15, 0.2) is 0 Å². The molecule has 0 bridgehead atoms. The minimum Gasteiger partial charge on any atom is -0.481 e. The Morgan fingerprint density at radius 3 is 2.56 bits per heavy atom. The monoisotopic (exact) mass is 250 g/mol. The van der Waals surface area contributed by atoms with E-state index in [-0.39, 0.29) is 19.0 Å². The molecule has 0 aromatic rings. The lowest BCUT2D eigenvalue weighted by atomic mass is 9.99. The predicted molar refractivity (Wildman–Crippen MR) is 59.1 cm³/mol. The summed E-state index contributed by atoms with van der Waals surface area (Å²) in [4.78, 5) is 10.9. The van der Waals surface area contributed by atoms with Crippen molar-refractivity contribution in [2.24, 2.45) is 11.8 Å². The number of rotatable bonds is 5. The number of aliphatic carboxylic acids is 1. The fourth-order valence-corrected chi connectivity index (χ4v) is 3.20. The first kappa shape index (κ1) is 13.4. The van der Waals surface area contributed by atoms with E-state index in [0.717, 1.165) is 0 Å². The molecule has 2 unspecified atom stereocenters. The molecule has 1 rings (SSSR count). The molecule has 1 fully saturated rings. The summed E-state index contributed by atoms with van der Waals surface area (Å²) < 4.78 is 27.1. The molecule has 0 aliphatic carbocycles. The summed E-state index contributed by atoms with van der Waals surface area (Å²) in [6, 6.07) is 0. The first-order valence-corrected chi connectivity index (χ1v) is 6.80. The molecule has 1 aliphatic heterocycles. The third-order valence-corrected chi connectivity index (χ3v) is 4.32. The highest BCUT2D eigenvalue weighted by Crippen LogP contribution is 2.24. The summed E-state index contributed by atoms with van der Waals surface area (Å²) in [7, 11) is -3.50. The summed E-state index contributed by atoms with van der Waals surface area (Å²) in [5.74, 6) is -1.67. The summed E-state index contributed by atoms with van der Waals surface area (Å²) >= 11 is 0. The maximum absolute atomic E-state index is 11.7. The molecule has 7 heteroatoms. The smallest absolute Gasteiger partial charge is 0.308 e. The van der Waals surface area contributed by atoms with Crippen molar-refractivity contribution in [1.82, 2.24) is 9.03 Å². The van der Waals surface area contributed by atoms with Crippen molar-refractivity contribution in [3.8, 4) is 0 Å². The maximum atomic E-state index is 11.7. The van der Waals surface area contributed by atoms with Gasteiger partial charge in [-0.05, 0) is 12.3 Å². The van der Waals surface area contributed by atoms with Crippen molar-refractivity contribution in [3.63, 3.8) is 0 Å². The van der Waals surface area contributed by atoms with E-state index in [0.29, 0.717) is 13.0 Å². The minimum atomic E-state index is -3.50. The molecule has 1 saturated heterocycles. The molecule has 0 aromatic heterocycles. The fourth-order valence-electron chi connectivity index (χ4n) is 1.76. The van der Waals surface area contributed by atoms with E-state index in [9.17, 15) is 13.2 Å². The molecule has 1 heterocycles. The zero-order valence-corrected chi connectivity index (χ0v) is 10.3. The zero-order valence-electron chi connectivity index (χ0n) is 9.51. The van der Waals surface area contributed by atoms with Crippen LogP contribution >= 0.6 is 0 Å². The molecular formula is C9H18N2O4S. The molecule has 94 valence electrons. The Morgan fingerprint density at radius 1 is 1.50 bits per heavy atom. The van der Waals surface area contributed by atoms with Gasteiger partial charge in [-0.25, -0.2) is 4.72 Å². The van der Waals surface area contributed by atoms with Crippen LogP contribution < -0.4 is 4.72 Å². The van der Waals surface area contributed by atoms with Gasteiger partial charge >= 0.3 is 5.97 Å². The van der Waals surface area contributed by atoms with Crippen LogP contribution in [0.1, 0.15) is 20.3 Å². The fraction of sp³-hybridized carbons (Fsp3) is 0.889. The number of nitrogens with one attached hydrogen (secondary N) is 1. The van der Waals surface area contributed by atoms with E-state index in [4.69, 9.17) is 5.11 Å². The first-order valence-electron chi connectivity index (χ1n) is 5.36. The lowest BCUT2D eigenvalue weighted by molar-refractivity contribution is -0.142. The molecule has 0 aromatic carbocycles. The van der Waals surface area contributed by atoms with E-state index in [1.165, 1.54) is 4.31 Å². The quantitative estimate of drug-likeness (QED) is 0.712. The van der Waals surface area contributed by atoms with Gasteiger partial charge in [0.05, 0.1) is 5.92 Å². The number of carboxylic acids is 1. The van der Waals surface area contributed by atoms with Crippen molar-refractivity contribution < 1.29 is 18.3 Å². The molecule has 2 N–H and O–H groups in total. The highest BCUT2D eigenvalue weighted by Gasteiger charge is 2.39. The van der Waals surface area contributed by atoms with Crippen LogP contribution in [-0.4, -0.2) is 43.4 Å².